The number of aryl methyl sites for hydroxylation is 1. The molecular weight excluding hydrogens is 583 g/mol. The molecule has 0 bridgehead atoms. The second-order valence-corrected chi connectivity index (χ2v) is 8.97. The molecule has 0 fully saturated rings. The van der Waals surface area contributed by atoms with E-state index in [1.165, 1.54) is 6.07 Å². The monoisotopic (exact) mass is 600 g/mol. The van der Waals surface area contributed by atoms with Crippen molar-refractivity contribution in [2.75, 3.05) is 0 Å². The van der Waals surface area contributed by atoms with Crippen LogP contribution in [0.4, 0.5) is 39.5 Å². The highest BCUT2D eigenvalue weighted by molar-refractivity contribution is 5.50. The maximum Gasteiger partial charge on any atom is 0.429 e. The lowest BCUT2D eigenvalue weighted by molar-refractivity contribution is -0.187. The summed E-state index contributed by atoms with van der Waals surface area (Å²) in [5.41, 5.74) is -2.30. The first-order valence-corrected chi connectivity index (χ1v) is 12.3. The zero-order chi connectivity index (χ0) is 31.3. The van der Waals surface area contributed by atoms with Crippen LogP contribution in [0, 0.1) is 64.4 Å². The van der Waals surface area contributed by atoms with E-state index in [2.05, 4.69) is 35.0 Å². The highest BCUT2D eigenvalue weighted by Crippen LogP contribution is 2.34. The zero-order valence-corrected chi connectivity index (χ0v) is 21.8. The number of allylic oxidation sites excluding steroid dienone is 1. The molecule has 0 aliphatic rings. The third kappa shape index (κ3) is 7.41. The van der Waals surface area contributed by atoms with E-state index in [4.69, 9.17) is 0 Å². The van der Waals surface area contributed by atoms with Crippen molar-refractivity contribution >= 4 is 0 Å². The first-order valence-electron chi connectivity index (χ1n) is 12.3. The van der Waals surface area contributed by atoms with Crippen LogP contribution in [0.2, 0.25) is 0 Å². The van der Waals surface area contributed by atoms with Crippen molar-refractivity contribution in [3.8, 4) is 29.4 Å². The summed E-state index contributed by atoms with van der Waals surface area (Å²) in [5, 5.41) is 0. The van der Waals surface area contributed by atoms with Crippen molar-refractivity contribution in [2.45, 2.75) is 19.0 Å². The van der Waals surface area contributed by atoms with Crippen LogP contribution in [0.5, 0.6) is 5.75 Å². The lowest BCUT2D eigenvalue weighted by atomic mass is 10.1. The summed E-state index contributed by atoms with van der Waals surface area (Å²) in [5.74, 6) is -1.31. The number of hydrogen-bond acceptors (Lipinski definition) is 1. The number of alkyl halides is 2. The highest BCUT2D eigenvalue weighted by atomic mass is 19.3. The van der Waals surface area contributed by atoms with Crippen molar-refractivity contribution in [1.82, 2.24) is 0 Å². The molecule has 4 rings (SSSR count). The first-order chi connectivity index (χ1) is 20.4. The minimum absolute atomic E-state index is 0.252. The standard InChI is InChI=1S/C33H17F9O/c1-2-3-4-19-7-12-25(29(37)13-19)33(41,42)43-23-10-9-22(26(34)18-23)8-5-20-14-27(35)24(28(36)15-20)11-6-21-16-30(38)32(40)31(39)17-21/h2,7,9-10,12-18H,1,3-4H2. The molecule has 43 heavy (non-hydrogen) atoms. The summed E-state index contributed by atoms with van der Waals surface area (Å²) in [6.07, 6.45) is -1.61. The summed E-state index contributed by atoms with van der Waals surface area (Å²) in [6.45, 7) is 3.54. The normalized spacial score (nSPS) is 10.8. The van der Waals surface area contributed by atoms with Gasteiger partial charge in [0.2, 0.25) is 0 Å². The number of ether oxygens (including phenoxy) is 1. The number of hydrogen-bond donors (Lipinski definition) is 0. The maximum absolute atomic E-state index is 14.6. The van der Waals surface area contributed by atoms with Crippen molar-refractivity contribution in [2.24, 2.45) is 0 Å². The van der Waals surface area contributed by atoms with Crippen LogP contribution >= 0.6 is 0 Å². The van der Waals surface area contributed by atoms with Gasteiger partial charge in [-0.25, -0.2) is 30.7 Å². The molecule has 0 aliphatic carbocycles. The van der Waals surface area contributed by atoms with Gasteiger partial charge in [-0.1, -0.05) is 35.8 Å². The largest absolute Gasteiger partial charge is 0.429 e. The van der Waals surface area contributed by atoms with Crippen LogP contribution < -0.4 is 4.74 Å². The summed E-state index contributed by atoms with van der Waals surface area (Å²) in [4.78, 5) is 0. The molecule has 0 spiro atoms. The molecule has 0 saturated carbocycles. The molecule has 0 aliphatic heterocycles. The van der Waals surface area contributed by atoms with Gasteiger partial charge in [0.1, 0.15) is 29.0 Å². The minimum atomic E-state index is -4.14. The molecule has 0 heterocycles. The van der Waals surface area contributed by atoms with Crippen molar-refractivity contribution in [1.29, 1.82) is 0 Å². The van der Waals surface area contributed by atoms with Gasteiger partial charge < -0.3 is 4.74 Å². The predicted molar refractivity (Wildman–Crippen MR) is 140 cm³/mol. The van der Waals surface area contributed by atoms with Crippen LogP contribution in [0.15, 0.2) is 73.3 Å². The quantitative estimate of drug-likeness (QED) is 0.0932. The number of halogens is 9. The van der Waals surface area contributed by atoms with E-state index >= 15 is 0 Å². The molecule has 0 N–H and O–H groups in total. The molecule has 4 aromatic carbocycles. The van der Waals surface area contributed by atoms with E-state index in [1.54, 1.807) is 6.08 Å². The van der Waals surface area contributed by atoms with Crippen LogP contribution in [-0.2, 0) is 12.5 Å². The third-order valence-corrected chi connectivity index (χ3v) is 5.87. The van der Waals surface area contributed by atoms with Gasteiger partial charge in [0.15, 0.2) is 17.5 Å². The van der Waals surface area contributed by atoms with Crippen molar-refractivity contribution < 1.29 is 44.3 Å². The average Bonchev–Trinajstić information content (AvgIpc) is 2.93. The highest BCUT2D eigenvalue weighted by Gasteiger charge is 2.37. The molecular formula is C33H17F9O. The SMILES string of the molecule is C=CCCc1ccc(C(F)(F)Oc2ccc(C#Cc3cc(F)c(C#Cc4cc(F)c(F)c(F)c4)c(F)c3)c(F)c2)c(F)c1. The number of rotatable bonds is 6. The molecule has 0 radical (unpaired) electrons. The topological polar surface area (TPSA) is 9.23 Å². The first kappa shape index (κ1) is 30.9. The molecule has 0 atom stereocenters. The fourth-order valence-electron chi connectivity index (χ4n) is 3.75. The molecule has 0 aromatic heterocycles. The predicted octanol–water partition coefficient (Wildman–Crippen LogP) is 8.71. The van der Waals surface area contributed by atoms with E-state index in [-0.39, 0.29) is 16.7 Å². The Labute approximate surface area is 240 Å². The lowest BCUT2D eigenvalue weighted by Crippen LogP contribution is -2.23. The van der Waals surface area contributed by atoms with E-state index in [0.717, 1.165) is 36.4 Å². The fraction of sp³-hybridized carbons (Fsp3) is 0.0909. The van der Waals surface area contributed by atoms with E-state index < -0.39 is 63.7 Å². The van der Waals surface area contributed by atoms with Gasteiger partial charge >= 0.3 is 6.11 Å². The second kappa shape index (κ2) is 12.8. The summed E-state index contributed by atoms with van der Waals surface area (Å²) in [6, 6.07) is 8.30. The van der Waals surface area contributed by atoms with Crippen LogP contribution in [0.1, 0.15) is 39.8 Å². The van der Waals surface area contributed by atoms with Crippen molar-refractivity contribution in [3.05, 3.63) is 147 Å². The smallest absolute Gasteiger partial charge is 0.429 e. The Balaban J connectivity index is 1.51. The molecule has 10 heteroatoms. The van der Waals surface area contributed by atoms with Gasteiger partial charge in [0.25, 0.3) is 0 Å². The zero-order valence-electron chi connectivity index (χ0n) is 21.8. The Morgan fingerprint density at radius 2 is 1.26 bits per heavy atom. The van der Waals surface area contributed by atoms with E-state index in [9.17, 15) is 39.5 Å². The van der Waals surface area contributed by atoms with Gasteiger partial charge in [0, 0.05) is 17.2 Å². The molecule has 218 valence electrons. The van der Waals surface area contributed by atoms with Crippen LogP contribution in [0.25, 0.3) is 0 Å². The Kier molecular flexibility index (Phi) is 9.21. The lowest BCUT2D eigenvalue weighted by Gasteiger charge is -2.19. The second-order valence-electron chi connectivity index (χ2n) is 8.97. The van der Waals surface area contributed by atoms with Gasteiger partial charge in [-0.15, -0.1) is 6.58 Å². The Morgan fingerprint density at radius 3 is 1.84 bits per heavy atom. The van der Waals surface area contributed by atoms with E-state index in [0.29, 0.717) is 36.6 Å². The molecule has 4 aromatic rings. The minimum Gasteiger partial charge on any atom is -0.429 e. The fourth-order valence-corrected chi connectivity index (χ4v) is 3.75. The Bertz CT molecular complexity index is 1790. The van der Waals surface area contributed by atoms with Gasteiger partial charge in [-0.2, -0.15) is 8.78 Å². The van der Waals surface area contributed by atoms with Crippen LogP contribution in [0.3, 0.4) is 0 Å². The Hall–Kier alpha value is -5.09. The van der Waals surface area contributed by atoms with Crippen LogP contribution in [-0.4, -0.2) is 0 Å². The van der Waals surface area contributed by atoms with Crippen molar-refractivity contribution in [3.63, 3.8) is 0 Å². The van der Waals surface area contributed by atoms with Gasteiger partial charge in [-0.3, -0.25) is 0 Å². The molecule has 1 nitrogen and oxygen atoms in total. The maximum atomic E-state index is 14.6. The van der Waals surface area contributed by atoms with E-state index in [1.807, 2.05) is 0 Å². The molecule has 0 unspecified atom stereocenters. The molecule has 0 amide bonds. The van der Waals surface area contributed by atoms with Gasteiger partial charge in [0.05, 0.1) is 16.7 Å². The van der Waals surface area contributed by atoms with Gasteiger partial charge in [-0.05, 0) is 66.9 Å². The average molecular weight is 600 g/mol. The Morgan fingerprint density at radius 1 is 0.651 bits per heavy atom. The summed E-state index contributed by atoms with van der Waals surface area (Å²) < 4.78 is 131. The summed E-state index contributed by atoms with van der Waals surface area (Å²) in [7, 11) is 0. The third-order valence-electron chi connectivity index (χ3n) is 5.87. The molecule has 0 saturated heterocycles. The number of benzene rings is 4. The summed E-state index contributed by atoms with van der Waals surface area (Å²) >= 11 is 0.